The van der Waals surface area contributed by atoms with E-state index in [1.54, 1.807) is 7.11 Å². The third-order valence-electron chi connectivity index (χ3n) is 3.29. The van der Waals surface area contributed by atoms with Crippen molar-refractivity contribution in [3.63, 3.8) is 0 Å². The number of amidine groups is 1. The lowest BCUT2D eigenvalue weighted by Crippen LogP contribution is -2.34. The fourth-order valence-electron chi connectivity index (χ4n) is 2.51. The Morgan fingerprint density at radius 3 is 2.85 bits per heavy atom. The van der Waals surface area contributed by atoms with Crippen LogP contribution < -0.4 is 0 Å². The van der Waals surface area contributed by atoms with E-state index >= 15 is 0 Å². The molecule has 2 fully saturated rings. The van der Waals surface area contributed by atoms with Gasteiger partial charge in [0.2, 0.25) is 0 Å². The average Bonchev–Trinajstić information content (AvgIpc) is 2.71. The lowest BCUT2D eigenvalue weighted by atomic mass is 10.2. The van der Waals surface area contributed by atoms with Crippen LogP contribution in [0.15, 0.2) is 0 Å². The summed E-state index contributed by atoms with van der Waals surface area (Å²) in [6, 6.07) is 0.597. The first-order chi connectivity index (χ1) is 6.31. The van der Waals surface area contributed by atoms with E-state index < -0.39 is 0 Å². The second-order valence-electron chi connectivity index (χ2n) is 4.07. The lowest BCUT2D eigenvalue weighted by Gasteiger charge is -2.25. The van der Waals surface area contributed by atoms with Crippen LogP contribution in [0.25, 0.3) is 0 Å². The van der Waals surface area contributed by atoms with Crippen LogP contribution >= 0.6 is 0 Å². The van der Waals surface area contributed by atoms with E-state index in [1.807, 2.05) is 0 Å². The molecular formula is C10H18N2O. The molecule has 2 aliphatic rings. The average molecular weight is 182 g/mol. The highest BCUT2D eigenvalue weighted by atomic mass is 16.5. The molecule has 1 saturated carbocycles. The van der Waals surface area contributed by atoms with Crippen LogP contribution in [-0.2, 0) is 4.74 Å². The Kier molecular flexibility index (Phi) is 2.54. The molecular weight excluding hydrogens is 164 g/mol. The molecule has 3 heteroatoms. The zero-order valence-electron chi connectivity index (χ0n) is 8.25. The number of nitrogens with one attached hydrogen (secondary N) is 1. The zero-order valence-corrected chi connectivity index (χ0v) is 8.25. The fourth-order valence-corrected chi connectivity index (χ4v) is 2.51. The first-order valence-electron chi connectivity index (χ1n) is 5.18. The van der Waals surface area contributed by atoms with E-state index in [-0.39, 0.29) is 0 Å². The predicted molar refractivity (Wildman–Crippen MR) is 52.1 cm³/mol. The van der Waals surface area contributed by atoms with Crippen molar-refractivity contribution >= 4 is 5.84 Å². The Morgan fingerprint density at radius 1 is 1.46 bits per heavy atom. The van der Waals surface area contributed by atoms with Gasteiger partial charge in [-0.3, -0.25) is 5.41 Å². The molecule has 3 nitrogen and oxygen atoms in total. The van der Waals surface area contributed by atoms with Gasteiger partial charge in [0, 0.05) is 26.1 Å². The van der Waals surface area contributed by atoms with Crippen LogP contribution in [0.5, 0.6) is 0 Å². The van der Waals surface area contributed by atoms with E-state index in [9.17, 15) is 0 Å². The first-order valence-corrected chi connectivity index (χ1v) is 5.18. The molecule has 0 aromatic carbocycles. The molecule has 0 aromatic rings. The summed E-state index contributed by atoms with van der Waals surface area (Å²) in [6.45, 7) is 1.10. The van der Waals surface area contributed by atoms with Crippen molar-refractivity contribution in [3.8, 4) is 0 Å². The summed E-state index contributed by atoms with van der Waals surface area (Å²) >= 11 is 0. The first kappa shape index (κ1) is 9.00. The van der Waals surface area contributed by atoms with Crippen molar-refractivity contribution in [1.82, 2.24) is 4.90 Å². The Labute approximate surface area is 79.6 Å². The number of likely N-dealkylation sites (tertiary alicyclic amines) is 1. The van der Waals surface area contributed by atoms with Crippen molar-refractivity contribution in [2.45, 2.75) is 44.2 Å². The largest absolute Gasteiger partial charge is 0.381 e. The quantitative estimate of drug-likeness (QED) is 0.704. The number of methoxy groups -OCH3 is 1. The van der Waals surface area contributed by atoms with E-state index in [4.69, 9.17) is 10.1 Å². The fraction of sp³-hybridized carbons (Fsp3) is 0.900. The van der Waals surface area contributed by atoms with Crippen molar-refractivity contribution < 1.29 is 4.74 Å². The van der Waals surface area contributed by atoms with E-state index in [2.05, 4.69) is 4.90 Å². The van der Waals surface area contributed by atoms with Crippen LogP contribution in [0.4, 0.5) is 0 Å². The van der Waals surface area contributed by atoms with Crippen LogP contribution in [0.2, 0.25) is 0 Å². The summed E-state index contributed by atoms with van der Waals surface area (Å²) < 4.78 is 5.34. The minimum atomic E-state index is 0.443. The molecule has 1 aliphatic carbocycles. The Balaban J connectivity index is 1.91. The number of ether oxygens (including phenoxy) is 1. The predicted octanol–water partition coefficient (Wildman–Crippen LogP) is 1.63. The number of hydrogen-bond acceptors (Lipinski definition) is 2. The van der Waals surface area contributed by atoms with Crippen molar-refractivity contribution in [2.24, 2.45) is 0 Å². The molecule has 1 heterocycles. The molecule has 1 saturated heterocycles. The van der Waals surface area contributed by atoms with Crippen LogP contribution in [0, 0.1) is 5.41 Å². The van der Waals surface area contributed by atoms with Gasteiger partial charge >= 0.3 is 0 Å². The molecule has 0 aromatic heterocycles. The molecule has 2 rings (SSSR count). The number of hydrogen-bond donors (Lipinski definition) is 1. The van der Waals surface area contributed by atoms with E-state index in [0.717, 1.165) is 25.2 Å². The van der Waals surface area contributed by atoms with Gasteiger partial charge in [-0.1, -0.05) is 0 Å². The molecule has 1 N–H and O–H groups in total. The molecule has 0 bridgehead atoms. The van der Waals surface area contributed by atoms with Gasteiger partial charge < -0.3 is 9.64 Å². The van der Waals surface area contributed by atoms with Gasteiger partial charge in [0.05, 0.1) is 11.9 Å². The highest BCUT2D eigenvalue weighted by molar-refractivity contribution is 5.81. The summed E-state index contributed by atoms with van der Waals surface area (Å²) in [7, 11) is 1.79. The zero-order chi connectivity index (χ0) is 9.26. The SMILES string of the molecule is COC1CCC(N2CCCC2=N)C1. The van der Waals surface area contributed by atoms with Gasteiger partial charge in [-0.15, -0.1) is 0 Å². The third kappa shape index (κ3) is 1.70. The highest BCUT2D eigenvalue weighted by Gasteiger charge is 2.32. The Morgan fingerprint density at radius 2 is 2.31 bits per heavy atom. The number of nitrogens with zero attached hydrogens (tertiary/aromatic N) is 1. The van der Waals surface area contributed by atoms with E-state index in [1.165, 1.54) is 19.3 Å². The summed E-state index contributed by atoms with van der Waals surface area (Å²) in [5, 5.41) is 7.78. The maximum absolute atomic E-state index is 7.78. The maximum atomic E-state index is 7.78. The van der Waals surface area contributed by atoms with Gasteiger partial charge in [-0.05, 0) is 25.7 Å². The summed E-state index contributed by atoms with van der Waals surface area (Å²) in [5.74, 6) is 0.849. The van der Waals surface area contributed by atoms with Crippen molar-refractivity contribution in [3.05, 3.63) is 0 Å². The number of rotatable bonds is 2. The second kappa shape index (κ2) is 3.66. The van der Waals surface area contributed by atoms with Crippen LogP contribution in [0.3, 0.4) is 0 Å². The Hall–Kier alpha value is -0.570. The molecule has 0 amide bonds. The summed E-state index contributed by atoms with van der Waals surface area (Å²) in [5.41, 5.74) is 0. The summed E-state index contributed by atoms with van der Waals surface area (Å²) in [4.78, 5) is 2.28. The molecule has 74 valence electrons. The lowest BCUT2D eigenvalue weighted by molar-refractivity contribution is 0.103. The molecule has 2 atom stereocenters. The van der Waals surface area contributed by atoms with Crippen molar-refractivity contribution in [1.29, 1.82) is 5.41 Å². The molecule has 0 spiro atoms. The van der Waals surface area contributed by atoms with Gasteiger partial charge in [-0.2, -0.15) is 0 Å². The minimum absolute atomic E-state index is 0.443. The van der Waals surface area contributed by atoms with Gasteiger partial charge in [0.1, 0.15) is 0 Å². The molecule has 1 aliphatic heterocycles. The third-order valence-corrected chi connectivity index (χ3v) is 3.29. The van der Waals surface area contributed by atoms with Gasteiger partial charge in [0.15, 0.2) is 0 Å². The maximum Gasteiger partial charge on any atom is 0.0960 e. The standard InChI is InChI=1S/C10H18N2O/c1-13-9-5-4-8(7-9)12-6-2-3-10(12)11/h8-9,11H,2-7H2,1H3. The smallest absolute Gasteiger partial charge is 0.0960 e. The minimum Gasteiger partial charge on any atom is -0.381 e. The molecule has 13 heavy (non-hydrogen) atoms. The Bertz CT molecular complexity index is 205. The van der Waals surface area contributed by atoms with Gasteiger partial charge in [-0.25, -0.2) is 0 Å². The van der Waals surface area contributed by atoms with Gasteiger partial charge in [0.25, 0.3) is 0 Å². The highest BCUT2D eigenvalue weighted by Crippen LogP contribution is 2.28. The van der Waals surface area contributed by atoms with Crippen molar-refractivity contribution in [2.75, 3.05) is 13.7 Å². The summed E-state index contributed by atoms with van der Waals surface area (Å²) in [6.07, 6.45) is 6.10. The second-order valence-corrected chi connectivity index (χ2v) is 4.07. The molecule has 0 radical (unpaired) electrons. The topological polar surface area (TPSA) is 36.3 Å². The molecule has 2 unspecified atom stereocenters. The van der Waals surface area contributed by atoms with E-state index in [0.29, 0.717) is 12.1 Å². The van der Waals surface area contributed by atoms with Crippen LogP contribution in [0.1, 0.15) is 32.1 Å². The monoisotopic (exact) mass is 182 g/mol. The van der Waals surface area contributed by atoms with Crippen LogP contribution in [-0.4, -0.2) is 36.5 Å². The normalized spacial score (nSPS) is 34.5.